The predicted octanol–water partition coefficient (Wildman–Crippen LogP) is 8.51. The lowest BCUT2D eigenvalue weighted by Gasteiger charge is -2.10. The van der Waals surface area contributed by atoms with Gasteiger partial charge in [-0.1, -0.05) is 66.7 Å². The van der Waals surface area contributed by atoms with Crippen LogP contribution in [0.15, 0.2) is 108 Å². The van der Waals surface area contributed by atoms with Crippen molar-refractivity contribution in [1.82, 2.24) is 19.9 Å². The highest BCUT2D eigenvalue weighted by Gasteiger charge is 2.21. The summed E-state index contributed by atoms with van der Waals surface area (Å²) in [6, 6.07) is 34.6. The lowest BCUT2D eigenvalue weighted by atomic mass is 10.0. The van der Waals surface area contributed by atoms with Crippen LogP contribution in [-0.4, -0.2) is 19.9 Å². The zero-order chi connectivity index (χ0) is 25.5. The van der Waals surface area contributed by atoms with E-state index in [-0.39, 0.29) is 0 Å². The van der Waals surface area contributed by atoms with Crippen molar-refractivity contribution in [3.63, 3.8) is 0 Å². The Bertz CT molecular complexity index is 2280. The van der Waals surface area contributed by atoms with E-state index in [2.05, 4.69) is 47.4 Å². The lowest BCUT2D eigenvalue weighted by molar-refractivity contribution is 0.457. The van der Waals surface area contributed by atoms with E-state index in [0.717, 1.165) is 55.2 Å². The minimum Gasteiger partial charge on any atom is -0.449 e. The molecule has 0 aliphatic carbocycles. The molecule has 5 heterocycles. The number of nitrogens with zero attached hydrogens (tertiary/aromatic N) is 3. The van der Waals surface area contributed by atoms with Gasteiger partial charge in [-0.2, -0.15) is 4.98 Å². The maximum Gasteiger partial charge on any atom is 0.267 e. The van der Waals surface area contributed by atoms with Crippen LogP contribution in [0.3, 0.4) is 0 Å². The SMILES string of the molecule is c1cc2cc(c1)-c1cccc3c1[nH]c1c(cccc13)-c1cccc(n1)-c1nc(c3oc4ccccc4c3n1)O2. The summed E-state index contributed by atoms with van der Waals surface area (Å²) in [7, 11) is 0. The van der Waals surface area contributed by atoms with Crippen LogP contribution in [-0.2, 0) is 0 Å². The summed E-state index contributed by atoms with van der Waals surface area (Å²) in [6.07, 6.45) is 0. The van der Waals surface area contributed by atoms with E-state index in [4.69, 9.17) is 24.1 Å². The Hall–Kier alpha value is -5.49. The Morgan fingerprint density at radius 2 is 1.33 bits per heavy atom. The van der Waals surface area contributed by atoms with E-state index < -0.39 is 0 Å². The largest absolute Gasteiger partial charge is 0.449 e. The molecule has 0 unspecified atom stereocenters. The van der Waals surface area contributed by atoms with Crippen molar-refractivity contribution in [2.45, 2.75) is 0 Å². The first-order valence-electron chi connectivity index (χ1n) is 12.8. The third kappa shape index (κ3) is 2.94. The molecule has 9 rings (SSSR count). The van der Waals surface area contributed by atoms with E-state index in [1.54, 1.807) is 0 Å². The Morgan fingerprint density at radius 1 is 0.590 bits per heavy atom. The lowest BCUT2D eigenvalue weighted by Crippen LogP contribution is -1.97. The van der Waals surface area contributed by atoms with Gasteiger partial charge in [0.25, 0.3) is 5.88 Å². The fraction of sp³-hybridized carbons (Fsp3) is 0. The third-order valence-electron chi connectivity index (χ3n) is 7.47. The van der Waals surface area contributed by atoms with Crippen molar-refractivity contribution >= 4 is 43.9 Å². The molecule has 4 aromatic heterocycles. The molecule has 0 radical (unpaired) electrons. The van der Waals surface area contributed by atoms with Crippen LogP contribution in [0.4, 0.5) is 0 Å². The molecule has 0 saturated carbocycles. The first kappa shape index (κ1) is 20.6. The minimum absolute atomic E-state index is 0.354. The van der Waals surface area contributed by atoms with Gasteiger partial charge in [-0.05, 0) is 42.0 Å². The van der Waals surface area contributed by atoms with Crippen molar-refractivity contribution in [1.29, 1.82) is 0 Å². The molecule has 0 fully saturated rings. The van der Waals surface area contributed by atoms with Gasteiger partial charge in [0.2, 0.25) is 5.58 Å². The van der Waals surface area contributed by atoms with E-state index in [9.17, 15) is 0 Å². The van der Waals surface area contributed by atoms with Gasteiger partial charge in [-0.15, -0.1) is 0 Å². The van der Waals surface area contributed by atoms with Crippen LogP contribution in [0.2, 0.25) is 0 Å². The molecule has 8 aromatic rings. The van der Waals surface area contributed by atoms with Crippen molar-refractivity contribution in [2.75, 3.05) is 0 Å². The average Bonchev–Trinajstić information content (AvgIpc) is 3.56. The van der Waals surface area contributed by atoms with Gasteiger partial charge in [0.1, 0.15) is 22.5 Å². The van der Waals surface area contributed by atoms with Gasteiger partial charge in [-0.25, -0.2) is 9.97 Å². The van der Waals surface area contributed by atoms with Crippen LogP contribution in [0, 0.1) is 0 Å². The zero-order valence-electron chi connectivity index (χ0n) is 20.5. The van der Waals surface area contributed by atoms with Crippen molar-refractivity contribution in [2.24, 2.45) is 0 Å². The summed E-state index contributed by atoms with van der Waals surface area (Å²) in [6.45, 7) is 0. The first-order chi connectivity index (χ1) is 19.3. The molecule has 39 heavy (non-hydrogen) atoms. The van der Waals surface area contributed by atoms with E-state index in [1.807, 2.05) is 60.7 Å². The molecule has 1 aliphatic rings. The molecule has 6 nitrogen and oxygen atoms in total. The molecule has 4 aromatic carbocycles. The van der Waals surface area contributed by atoms with E-state index in [1.165, 1.54) is 0 Å². The van der Waals surface area contributed by atoms with Crippen LogP contribution >= 0.6 is 0 Å². The predicted molar refractivity (Wildman–Crippen MR) is 153 cm³/mol. The maximum atomic E-state index is 6.45. The zero-order valence-corrected chi connectivity index (χ0v) is 20.5. The van der Waals surface area contributed by atoms with Gasteiger partial charge in [0, 0.05) is 27.3 Å². The number of H-pyrrole nitrogens is 1. The number of ether oxygens (including phenoxy) is 1. The van der Waals surface area contributed by atoms with Crippen LogP contribution in [0.1, 0.15) is 0 Å². The van der Waals surface area contributed by atoms with Crippen molar-refractivity contribution in [3.8, 4) is 45.5 Å². The van der Waals surface area contributed by atoms with Crippen LogP contribution in [0.5, 0.6) is 11.6 Å². The van der Waals surface area contributed by atoms with Gasteiger partial charge < -0.3 is 14.1 Å². The summed E-state index contributed by atoms with van der Waals surface area (Å²) in [5.41, 5.74) is 8.69. The number of rotatable bonds is 0. The van der Waals surface area contributed by atoms with Crippen molar-refractivity contribution in [3.05, 3.63) is 103 Å². The summed E-state index contributed by atoms with van der Waals surface area (Å²) >= 11 is 0. The standard InChI is InChI=1S/C33H18N4O2/c1-2-16-27-24(9-1)30-31(39-27)33-37-32(36-30)26-15-6-14-25(34-26)23-13-5-12-22-21-11-4-10-20(28(21)35-29(22)23)18-7-3-8-19(17-18)38-33/h1-17,35H. The quantitative estimate of drug-likeness (QED) is 0.225. The number of aromatic nitrogens is 4. The molecule has 0 atom stereocenters. The number of para-hydroxylation sites is 3. The van der Waals surface area contributed by atoms with Crippen LogP contribution in [0.25, 0.3) is 77.8 Å². The summed E-state index contributed by atoms with van der Waals surface area (Å²) in [5, 5.41) is 3.22. The number of fused-ring (bicyclic) bond motifs is 14. The molecule has 0 spiro atoms. The maximum absolute atomic E-state index is 6.45. The van der Waals surface area contributed by atoms with E-state index >= 15 is 0 Å². The Morgan fingerprint density at radius 3 is 2.26 bits per heavy atom. The number of furan rings is 1. The number of hydrogen-bond donors (Lipinski definition) is 1. The molecule has 0 amide bonds. The molecular weight excluding hydrogens is 484 g/mol. The van der Waals surface area contributed by atoms with E-state index in [0.29, 0.717) is 34.2 Å². The molecule has 0 saturated heterocycles. The molecule has 1 N–H and O–H groups in total. The molecule has 182 valence electrons. The Balaban J connectivity index is 1.43. The summed E-state index contributed by atoms with van der Waals surface area (Å²) in [4.78, 5) is 18.5. The Labute approximate surface area is 221 Å². The normalized spacial score (nSPS) is 12.3. The Kier molecular flexibility index (Phi) is 3.96. The fourth-order valence-corrected chi connectivity index (χ4v) is 5.70. The number of benzene rings is 4. The minimum atomic E-state index is 0.354. The summed E-state index contributed by atoms with van der Waals surface area (Å²) < 4.78 is 12.7. The third-order valence-corrected chi connectivity index (χ3v) is 7.47. The number of pyridine rings is 1. The average molecular weight is 503 g/mol. The van der Waals surface area contributed by atoms with Gasteiger partial charge in [0.15, 0.2) is 5.82 Å². The first-order valence-corrected chi connectivity index (χ1v) is 12.8. The van der Waals surface area contributed by atoms with Gasteiger partial charge >= 0.3 is 0 Å². The van der Waals surface area contributed by atoms with Gasteiger partial charge in [-0.3, -0.25) is 0 Å². The monoisotopic (exact) mass is 502 g/mol. The second-order valence-corrected chi connectivity index (χ2v) is 9.75. The molecule has 1 aliphatic heterocycles. The van der Waals surface area contributed by atoms with Crippen LogP contribution < -0.4 is 4.74 Å². The number of aromatic amines is 1. The summed E-state index contributed by atoms with van der Waals surface area (Å²) in [5.74, 6) is 1.48. The molecule has 8 bridgehead atoms. The highest BCUT2D eigenvalue weighted by Crippen LogP contribution is 2.40. The smallest absolute Gasteiger partial charge is 0.267 e. The van der Waals surface area contributed by atoms with Crippen molar-refractivity contribution < 1.29 is 9.15 Å². The number of hydrogen-bond acceptors (Lipinski definition) is 5. The van der Waals surface area contributed by atoms with Gasteiger partial charge in [0.05, 0.1) is 16.7 Å². The molecule has 6 heteroatoms. The fourth-order valence-electron chi connectivity index (χ4n) is 5.70. The number of nitrogens with one attached hydrogen (secondary N) is 1. The second-order valence-electron chi connectivity index (χ2n) is 9.75. The second kappa shape index (κ2) is 7.52. The highest BCUT2D eigenvalue weighted by atomic mass is 16.5. The molecular formula is C33H18N4O2. The topological polar surface area (TPSA) is 76.8 Å². The highest BCUT2D eigenvalue weighted by molar-refractivity contribution is 6.15.